The second-order valence-electron chi connectivity index (χ2n) is 9.27. The van der Waals surface area contributed by atoms with E-state index >= 15 is 0 Å². The average Bonchev–Trinajstić information content (AvgIpc) is 3.45. The number of rotatable bonds is 4. The number of nitro benzene ring substituents is 2. The Labute approximate surface area is 223 Å². The zero-order valence-electron chi connectivity index (χ0n) is 20.1. The van der Waals surface area contributed by atoms with Crippen LogP contribution in [-0.4, -0.2) is 21.4 Å². The summed E-state index contributed by atoms with van der Waals surface area (Å²) in [4.78, 5) is 47.4. The minimum atomic E-state index is -0.969. The number of benzene rings is 3. The summed E-state index contributed by atoms with van der Waals surface area (Å²) in [7, 11) is 0. The lowest BCUT2D eigenvalue weighted by Gasteiger charge is -2.19. The van der Waals surface area contributed by atoms with Gasteiger partial charge < -0.3 is 30.7 Å². The first-order chi connectivity index (χ1) is 19.3. The summed E-state index contributed by atoms with van der Waals surface area (Å²) in [5, 5.41) is 34.1. The number of carbonyl (C=O) groups excluding carboxylic acids is 2. The number of nitrogens with zero attached hydrogens (tertiary/aromatic N) is 2. The van der Waals surface area contributed by atoms with Gasteiger partial charge in [0.2, 0.25) is 23.3 Å². The van der Waals surface area contributed by atoms with Crippen molar-refractivity contribution in [2.24, 2.45) is 0 Å². The normalized spacial score (nSPS) is 20.0. The van der Waals surface area contributed by atoms with E-state index in [2.05, 4.69) is 21.3 Å². The molecule has 198 valence electrons. The number of hydrogen-bond donors (Lipinski definition) is 4. The van der Waals surface area contributed by atoms with Crippen molar-refractivity contribution in [1.82, 2.24) is 0 Å². The largest absolute Gasteiger partial charge is 0.461 e. The van der Waals surface area contributed by atoms with E-state index < -0.39 is 22.1 Å². The highest BCUT2D eigenvalue weighted by molar-refractivity contribution is 6.07. The van der Waals surface area contributed by atoms with Gasteiger partial charge in [0.25, 0.3) is 11.4 Å². The quantitative estimate of drug-likeness (QED) is 0.273. The van der Waals surface area contributed by atoms with Crippen molar-refractivity contribution in [2.75, 3.05) is 21.3 Å². The van der Waals surface area contributed by atoms with Gasteiger partial charge >= 0.3 is 0 Å². The maximum Gasteiger partial charge on any atom is 0.271 e. The SMILES string of the molecule is O=C1C2=C(Nc3cc([N+](=O)[O-])ccc3N2)OC1c1ccc(C2OC3=C(Nc4ccc([N+](=O)[O-])cc4N3)C2=O)cc1. The van der Waals surface area contributed by atoms with Gasteiger partial charge in [0.1, 0.15) is 11.4 Å². The molecule has 7 rings (SSSR count). The van der Waals surface area contributed by atoms with Gasteiger partial charge in [0.15, 0.2) is 12.2 Å². The van der Waals surface area contributed by atoms with Crippen molar-refractivity contribution in [2.45, 2.75) is 12.2 Å². The Morgan fingerprint density at radius 1 is 0.575 bits per heavy atom. The van der Waals surface area contributed by atoms with Gasteiger partial charge in [-0.3, -0.25) is 29.8 Å². The lowest BCUT2D eigenvalue weighted by Crippen LogP contribution is -2.18. The maximum absolute atomic E-state index is 13.1. The molecule has 4 aliphatic heterocycles. The molecule has 0 saturated carbocycles. The molecule has 0 aromatic heterocycles. The Balaban J connectivity index is 1.07. The van der Waals surface area contributed by atoms with Gasteiger partial charge in [0.05, 0.1) is 32.6 Å². The summed E-state index contributed by atoms with van der Waals surface area (Å²) < 4.78 is 11.7. The molecule has 0 fully saturated rings. The van der Waals surface area contributed by atoms with Crippen LogP contribution in [0.25, 0.3) is 0 Å². The number of ether oxygens (including phenoxy) is 2. The first-order valence-electron chi connectivity index (χ1n) is 11.9. The molecule has 3 aromatic carbocycles. The van der Waals surface area contributed by atoms with Gasteiger partial charge in [-0.25, -0.2) is 0 Å². The zero-order chi connectivity index (χ0) is 27.7. The minimum Gasteiger partial charge on any atom is -0.461 e. The number of non-ortho nitro benzene ring substituents is 2. The molecule has 0 aliphatic carbocycles. The first kappa shape index (κ1) is 23.2. The molecule has 4 N–H and O–H groups in total. The molecule has 40 heavy (non-hydrogen) atoms. The summed E-state index contributed by atoms with van der Waals surface area (Å²) in [6.45, 7) is 0. The molecule has 2 atom stereocenters. The molecule has 2 unspecified atom stereocenters. The Morgan fingerprint density at radius 3 is 1.35 bits per heavy atom. The molecule has 14 heteroatoms. The van der Waals surface area contributed by atoms with Crippen LogP contribution >= 0.6 is 0 Å². The standard InChI is InChI=1S/C26H16N6O8/c33-21-19-25(29-17-9-13(31(35)36)5-7-15(17)27-19)39-23(21)11-1-2-12(4-3-11)24-22(34)20-26(40-24)30-18-10-14(32(37)38)6-8-16(18)28-20/h1-10,23-24,27-30H. The van der Waals surface area contributed by atoms with Gasteiger partial charge in [-0.05, 0) is 12.1 Å². The average molecular weight is 540 g/mol. The highest BCUT2D eigenvalue weighted by atomic mass is 16.6. The van der Waals surface area contributed by atoms with Gasteiger partial charge in [-0.15, -0.1) is 0 Å². The highest BCUT2D eigenvalue weighted by Crippen LogP contribution is 2.43. The maximum atomic E-state index is 13.1. The number of carbonyl (C=O) groups is 2. The molecule has 0 saturated heterocycles. The second-order valence-corrected chi connectivity index (χ2v) is 9.27. The molecule has 0 spiro atoms. The van der Waals surface area contributed by atoms with E-state index in [0.717, 1.165) is 0 Å². The Kier molecular flexibility index (Phi) is 4.81. The van der Waals surface area contributed by atoms with Crippen LogP contribution < -0.4 is 21.3 Å². The molecule has 4 aliphatic rings. The molecule has 3 aromatic rings. The number of nitrogens with one attached hydrogen (secondary N) is 4. The fourth-order valence-electron chi connectivity index (χ4n) is 4.88. The third-order valence-corrected chi connectivity index (χ3v) is 6.88. The molecule has 0 radical (unpaired) electrons. The van der Waals surface area contributed by atoms with Crippen molar-refractivity contribution in [1.29, 1.82) is 0 Å². The number of ketones is 2. The number of hydrogen-bond acceptors (Lipinski definition) is 12. The number of anilines is 4. The van der Waals surface area contributed by atoms with E-state index in [0.29, 0.717) is 33.9 Å². The minimum absolute atomic E-state index is 0.107. The number of Topliss-reactive ketones (excluding diaryl/α,β-unsaturated/α-hetero) is 2. The number of fused-ring (bicyclic) bond motifs is 2. The van der Waals surface area contributed by atoms with Crippen LogP contribution in [0.1, 0.15) is 23.3 Å². The van der Waals surface area contributed by atoms with Crippen LogP contribution in [0, 0.1) is 20.2 Å². The van der Waals surface area contributed by atoms with Crippen LogP contribution in [0.15, 0.2) is 83.8 Å². The third kappa shape index (κ3) is 3.50. The van der Waals surface area contributed by atoms with Gasteiger partial charge in [0, 0.05) is 35.4 Å². The summed E-state index contributed by atoms with van der Waals surface area (Å²) >= 11 is 0. The summed E-state index contributed by atoms with van der Waals surface area (Å²) in [5.74, 6) is -0.333. The van der Waals surface area contributed by atoms with Crippen molar-refractivity contribution >= 4 is 45.7 Å². The molecular weight excluding hydrogens is 524 g/mol. The second kappa shape index (κ2) is 8.29. The smallest absolute Gasteiger partial charge is 0.271 e. The van der Waals surface area contributed by atoms with E-state index in [1.54, 1.807) is 24.3 Å². The van der Waals surface area contributed by atoms with Crippen molar-refractivity contribution < 1.29 is 28.9 Å². The van der Waals surface area contributed by atoms with Gasteiger partial charge in [-0.1, -0.05) is 24.3 Å². The van der Waals surface area contributed by atoms with Crippen molar-refractivity contribution in [3.63, 3.8) is 0 Å². The predicted octanol–water partition coefficient (Wildman–Crippen LogP) is 4.20. The zero-order valence-corrected chi connectivity index (χ0v) is 20.1. The molecule has 4 heterocycles. The monoisotopic (exact) mass is 540 g/mol. The van der Waals surface area contributed by atoms with E-state index in [1.807, 2.05) is 0 Å². The Hall–Kier alpha value is -5.92. The predicted molar refractivity (Wildman–Crippen MR) is 139 cm³/mol. The Morgan fingerprint density at radius 2 is 0.975 bits per heavy atom. The molecule has 0 amide bonds. The molecular formula is C26H16N6O8. The van der Waals surface area contributed by atoms with Crippen LogP contribution in [0.4, 0.5) is 34.1 Å². The van der Waals surface area contributed by atoms with Gasteiger partial charge in [-0.2, -0.15) is 0 Å². The lowest BCUT2D eigenvalue weighted by atomic mass is 9.99. The summed E-state index contributed by atoms with van der Waals surface area (Å²) in [6.07, 6.45) is -1.94. The fraction of sp³-hybridized carbons (Fsp3) is 0.0769. The van der Waals surface area contributed by atoms with Crippen LogP contribution in [0.3, 0.4) is 0 Å². The fourth-order valence-corrected chi connectivity index (χ4v) is 4.88. The van der Waals surface area contributed by atoms with Crippen LogP contribution in [0.5, 0.6) is 0 Å². The van der Waals surface area contributed by atoms with Crippen molar-refractivity contribution in [3.05, 3.63) is 115 Å². The topological polar surface area (TPSA) is 187 Å². The molecule has 14 nitrogen and oxygen atoms in total. The van der Waals surface area contributed by atoms with Crippen LogP contribution in [-0.2, 0) is 19.1 Å². The third-order valence-electron chi connectivity index (χ3n) is 6.88. The van der Waals surface area contributed by atoms with Crippen LogP contribution in [0.2, 0.25) is 0 Å². The van der Waals surface area contributed by atoms with E-state index in [4.69, 9.17) is 9.47 Å². The van der Waals surface area contributed by atoms with Crippen molar-refractivity contribution in [3.8, 4) is 0 Å². The van der Waals surface area contributed by atoms with E-state index in [-0.39, 0.29) is 46.1 Å². The lowest BCUT2D eigenvalue weighted by molar-refractivity contribution is -0.385. The summed E-state index contributed by atoms with van der Waals surface area (Å²) in [5.41, 5.74) is 3.08. The Bertz CT molecular complexity index is 1630. The highest BCUT2D eigenvalue weighted by Gasteiger charge is 2.41. The number of nitro groups is 2. The van der Waals surface area contributed by atoms with E-state index in [1.165, 1.54) is 36.4 Å². The molecule has 0 bridgehead atoms. The summed E-state index contributed by atoms with van der Waals surface area (Å²) in [6, 6.07) is 15.0. The first-order valence-corrected chi connectivity index (χ1v) is 11.9. The van der Waals surface area contributed by atoms with E-state index in [9.17, 15) is 29.8 Å².